The number of methoxy groups -OCH3 is 1. The number of nitrogens with two attached hydrogens (primary N) is 1. The van der Waals surface area contributed by atoms with Gasteiger partial charge in [-0.2, -0.15) is 0 Å². The summed E-state index contributed by atoms with van der Waals surface area (Å²) >= 11 is 1.36. The Morgan fingerprint density at radius 1 is 1.26 bits per heavy atom. The Balaban J connectivity index is 1.51. The van der Waals surface area contributed by atoms with Gasteiger partial charge in [0.15, 0.2) is 0 Å². The van der Waals surface area contributed by atoms with E-state index in [-0.39, 0.29) is 11.5 Å². The molecule has 3 aromatic rings. The lowest BCUT2D eigenvalue weighted by Crippen LogP contribution is -2.33. The molecule has 0 saturated carbocycles. The lowest BCUT2D eigenvalue weighted by atomic mass is 9.87. The smallest absolute Gasteiger partial charge is 0.268 e. The van der Waals surface area contributed by atoms with Gasteiger partial charge in [0.25, 0.3) is 5.91 Å². The van der Waals surface area contributed by atoms with E-state index in [1.165, 1.54) is 16.9 Å². The number of anilines is 2. The molecule has 0 unspecified atom stereocenters. The standard InChI is InChI=1S/C27H33N3O4S/c1-27(2)14-17-18(15-34-27)19(9-8-16-10-12-33-13-11-16)30-26-22(17)23(28)24(35-26)25(31)29-20-6-4-5-7-21(20)32-3/h4-7,16H,8-15,28H2,1-3H3,(H,29,31). The molecule has 2 aromatic heterocycles. The summed E-state index contributed by atoms with van der Waals surface area (Å²) < 4.78 is 17.1. The Morgan fingerprint density at radius 2 is 2.03 bits per heavy atom. The van der Waals surface area contributed by atoms with Crippen molar-refractivity contribution in [2.24, 2.45) is 5.92 Å². The minimum absolute atomic E-state index is 0.251. The molecule has 3 N–H and O–H groups in total. The third kappa shape index (κ3) is 4.87. The molecule has 0 atom stereocenters. The number of ether oxygens (including phenoxy) is 3. The summed E-state index contributed by atoms with van der Waals surface area (Å²) in [5, 5.41) is 3.86. The summed E-state index contributed by atoms with van der Waals surface area (Å²) in [4.78, 5) is 19.6. The monoisotopic (exact) mass is 495 g/mol. The van der Waals surface area contributed by atoms with Gasteiger partial charge < -0.3 is 25.3 Å². The highest BCUT2D eigenvalue weighted by Crippen LogP contribution is 2.42. The molecule has 4 heterocycles. The zero-order valence-electron chi connectivity index (χ0n) is 20.6. The molecule has 0 aliphatic carbocycles. The summed E-state index contributed by atoms with van der Waals surface area (Å²) in [6, 6.07) is 7.35. The van der Waals surface area contributed by atoms with E-state index in [4.69, 9.17) is 24.9 Å². The first kappa shape index (κ1) is 24.0. The van der Waals surface area contributed by atoms with Crippen LogP contribution < -0.4 is 15.8 Å². The summed E-state index contributed by atoms with van der Waals surface area (Å²) in [5.41, 5.74) is 10.8. The van der Waals surface area contributed by atoms with E-state index in [9.17, 15) is 4.79 Å². The van der Waals surface area contributed by atoms with Gasteiger partial charge in [0.05, 0.1) is 30.7 Å². The number of fused-ring (bicyclic) bond motifs is 3. The molecule has 0 bridgehead atoms. The third-order valence-corrected chi connectivity index (χ3v) is 8.18. The van der Waals surface area contributed by atoms with Crippen molar-refractivity contribution in [1.29, 1.82) is 0 Å². The van der Waals surface area contributed by atoms with Crippen molar-refractivity contribution in [1.82, 2.24) is 4.98 Å². The topological polar surface area (TPSA) is 95.7 Å². The first-order chi connectivity index (χ1) is 16.9. The maximum Gasteiger partial charge on any atom is 0.268 e. The highest BCUT2D eigenvalue weighted by molar-refractivity contribution is 7.21. The van der Waals surface area contributed by atoms with Gasteiger partial charge in [-0.1, -0.05) is 12.1 Å². The number of nitrogens with zero attached hydrogens (tertiary/aromatic N) is 1. The molecule has 2 aliphatic heterocycles. The van der Waals surface area contributed by atoms with E-state index < -0.39 is 0 Å². The Kier molecular flexibility index (Phi) is 6.70. The SMILES string of the molecule is COc1ccccc1NC(=O)c1sc2nc(CCC3CCOCC3)c3c(c2c1N)CC(C)(C)OC3. The van der Waals surface area contributed by atoms with Crippen LogP contribution in [-0.4, -0.2) is 36.8 Å². The van der Waals surface area contributed by atoms with Crippen LogP contribution in [0, 0.1) is 5.92 Å². The van der Waals surface area contributed by atoms with Crippen LogP contribution in [0.3, 0.4) is 0 Å². The molecule has 186 valence electrons. The van der Waals surface area contributed by atoms with Gasteiger partial charge in [0.2, 0.25) is 0 Å². The molecule has 7 nitrogen and oxygen atoms in total. The zero-order chi connectivity index (χ0) is 24.6. The Hall–Kier alpha value is -2.68. The fourth-order valence-corrected chi connectivity index (χ4v) is 6.15. The number of nitrogen functional groups attached to an aromatic ring is 1. The van der Waals surface area contributed by atoms with E-state index in [0.29, 0.717) is 34.5 Å². The van der Waals surface area contributed by atoms with E-state index in [1.807, 2.05) is 24.3 Å². The van der Waals surface area contributed by atoms with Crippen LogP contribution in [0.2, 0.25) is 0 Å². The molecule has 0 spiro atoms. The van der Waals surface area contributed by atoms with Crippen molar-refractivity contribution in [3.8, 4) is 5.75 Å². The van der Waals surface area contributed by atoms with E-state index >= 15 is 0 Å². The molecule has 1 saturated heterocycles. The largest absolute Gasteiger partial charge is 0.495 e. The third-order valence-electron chi connectivity index (χ3n) is 7.08. The number of nitrogens with one attached hydrogen (secondary N) is 1. The maximum absolute atomic E-state index is 13.3. The van der Waals surface area contributed by atoms with Crippen molar-refractivity contribution in [3.05, 3.63) is 46.0 Å². The van der Waals surface area contributed by atoms with Crippen molar-refractivity contribution >= 4 is 38.8 Å². The minimum atomic E-state index is -0.298. The summed E-state index contributed by atoms with van der Waals surface area (Å²) in [7, 11) is 1.58. The lowest BCUT2D eigenvalue weighted by molar-refractivity contribution is -0.0402. The number of para-hydroxylation sites is 2. The number of hydrogen-bond acceptors (Lipinski definition) is 7. The van der Waals surface area contributed by atoms with E-state index in [2.05, 4.69) is 19.2 Å². The second kappa shape index (κ2) is 9.76. The van der Waals surface area contributed by atoms with Crippen LogP contribution in [-0.2, 0) is 28.9 Å². The second-order valence-electron chi connectivity index (χ2n) is 10.0. The molecular formula is C27H33N3O4S. The number of aryl methyl sites for hydroxylation is 1. The van der Waals surface area contributed by atoms with Crippen molar-refractivity contribution < 1.29 is 19.0 Å². The van der Waals surface area contributed by atoms with E-state index in [1.54, 1.807) is 7.11 Å². The van der Waals surface area contributed by atoms with Crippen molar-refractivity contribution in [2.75, 3.05) is 31.4 Å². The molecule has 2 aliphatic rings. The average molecular weight is 496 g/mol. The van der Waals surface area contributed by atoms with Crippen molar-refractivity contribution in [2.45, 2.75) is 58.2 Å². The van der Waals surface area contributed by atoms with Crippen LogP contribution in [0.5, 0.6) is 5.75 Å². The van der Waals surface area contributed by atoms with Crippen LogP contribution in [0.25, 0.3) is 10.2 Å². The molecule has 1 aromatic carbocycles. The zero-order valence-corrected chi connectivity index (χ0v) is 21.4. The average Bonchev–Trinajstić information content (AvgIpc) is 3.19. The minimum Gasteiger partial charge on any atom is -0.495 e. The fourth-order valence-electron chi connectivity index (χ4n) is 5.11. The number of carbonyl (C=O) groups excluding carboxylic acids is 1. The van der Waals surface area contributed by atoms with Crippen LogP contribution in [0.4, 0.5) is 11.4 Å². The van der Waals surface area contributed by atoms with Gasteiger partial charge in [-0.3, -0.25) is 4.79 Å². The Morgan fingerprint density at radius 3 is 2.80 bits per heavy atom. The number of pyridine rings is 1. The normalized spacial score (nSPS) is 17.8. The number of rotatable bonds is 6. The molecule has 1 fully saturated rings. The molecule has 1 amide bonds. The molecular weight excluding hydrogens is 462 g/mol. The predicted molar refractivity (Wildman–Crippen MR) is 139 cm³/mol. The summed E-state index contributed by atoms with van der Waals surface area (Å²) in [6.45, 7) is 6.41. The van der Waals surface area contributed by atoms with Crippen LogP contribution in [0.15, 0.2) is 24.3 Å². The molecule has 8 heteroatoms. The van der Waals surface area contributed by atoms with Gasteiger partial charge >= 0.3 is 0 Å². The van der Waals surface area contributed by atoms with Crippen LogP contribution >= 0.6 is 11.3 Å². The first-order valence-corrected chi connectivity index (χ1v) is 13.1. The molecule has 5 rings (SSSR count). The predicted octanol–water partition coefficient (Wildman–Crippen LogP) is 5.35. The number of benzene rings is 1. The Labute approximate surface area is 210 Å². The van der Waals surface area contributed by atoms with Gasteiger partial charge in [0, 0.05) is 36.3 Å². The van der Waals surface area contributed by atoms with Gasteiger partial charge in [-0.05, 0) is 63.1 Å². The second-order valence-corrected chi connectivity index (χ2v) is 11.0. The van der Waals surface area contributed by atoms with Gasteiger partial charge in [-0.25, -0.2) is 4.98 Å². The maximum atomic E-state index is 13.3. The van der Waals surface area contributed by atoms with Gasteiger partial charge in [0.1, 0.15) is 15.5 Å². The number of thiophene rings is 1. The Bertz CT molecular complexity index is 1250. The number of hydrogen-bond donors (Lipinski definition) is 2. The first-order valence-electron chi connectivity index (χ1n) is 12.2. The number of amides is 1. The summed E-state index contributed by atoms with van der Waals surface area (Å²) in [5.74, 6) is 1.01. The molecule has 0 radical (unpaired) electrons. The lowest BCUT2D eigenvalue weighted by Gasteiger charge is -2.33. The summed E-state index contributed by atoms with van der Waals surface area (Å²) in [6.07, 6.45) is 4.92. The number of carbonyl (C=O) groups is 1. The fraction of sp³-hybridized carbons (Fsp3) is 0.481. The van der Waals surface area contributed by atoms with Gasteiger partial charge in [-0.15, -0.1) is 11.3 Å². The van der Waals surface area contributed by atoms with Crippen molar-refractivity contribution in [3.63, 3.8) is 0 Å². The van der Waals surface area contributed by atoms with Crippen LogP contribution in [0.1, 0.15) is 59.6 Å². The highest BCUT2D eigenvalue weighted by atomic mass is 32.1. The number of aromatic nitrogens is 1. The molecule has 35 heavy (non-hydrogen) atoms. The quantitative estimate of drug-likeness (QED) is 0.479. The highest BCUT2D eigenvalue weighted by Gasteiger charge is 2.32. The van der Waals surface area contributed by atoms with E-state index in [0.717, 1.165) is 66.8 Å².